The van der Waals surface area contributed by atoms with Crippen LogP contribution in [0, 0.1) is 5.41 Å². The quantitative estimate of drug-likeness (QED) is 0.538. The number of hydrogen-bond donors (Lipinski definition) is 0. The van der Waals surface area contributed by atoms with Gasteiger partial charge in [-0.15, -0.1) is 0 Å². The number of fused-ring (bicyclic) bond motifs is 3. The number of ether oxygens (including phenoxy) is 1. The molecule has 1 aliphatic carbocycles. The van der Waals surface area contributed by atoms with Crippen LogP contribution in [0.25, 0.3) is 0 Å². The second-order valence-electron chi connectivity index (χ2n) is 8.58. The maximum absolute atomic E-state index is 6.47. The second-order valence-corrected chi connectivity index (χ2v) is 10.8. The Balaban J connectivity index is 1.45. The van der Waals surface area contributed by atoms with Crippen LogP contribution in [0.4, 0.5) is 0 Å². The first-order valence-electron chi connectivity index (χ1n) is 10.3. The lowest BCUT2D eigenvalue weighted by Gasteiger charge is -2.30. The smallest absolute Gasteiger partial charge is 0.190 e. The maximum atomic E-state index is 6.47. The number of rotatable bonds is 5. The predicted octanol–water partition coefficient (Wildman–Crippen LogP) is 5.24. The van der Waals surface area contributed by atoms with Gasteiger partial charge in [-0.3, -0.25) is 0 Å². The van der Waals surface area contributed by atoms with Crippen molar-refractivity contribution in [2.24, 2.45) is 10.4 Å². The first-order chi connectivity index (χ1) is 14.1. The summed E-state index contributed by atoms with van der Waals surface area (Å²) in [7, 11) is -0.483. The van der Waals surface area contributed by atoms with Gasteiger partial charge in [0.1, 0.15) is 12.1 Å². The van der Waals surface area contributed by atoms with Crippen LogP contribution < -0.4 is 10.6 Å². The standard InChI is InChI=1S/C26H26NOP/c1-26(2,25-27-24-22-16-10-9-11-19(22)17-23(24)28-25)18-29(20-12-5-3-6-13-20)21-14-7-4-8-15-21/h3-16,23-24H,17-18H2,1-2H3/t23-,24+/m1/s1. The summed E-state index contributed by atoms with van der Waals surface area (Å²) in [4.78, 5) is 5.11. The van der Waals surface area contributed by atoms with Crippen molar-refractivity contribution in [1.29, 1.82) is 0 Å². The number of nitrogens with zero attached hydrogens (tertiary/aromatic N) is 1. The van der Waals surface area contributed by atoms with Crippen molar-refractivity contribution in [1.82, 2.24) is 0 Å². The molecule has 0 saturated carbocycles. The summed E-state index contributed by atoms with van der Waals surface area (Å²) in [5.74, 6) is 0.932. The van der Waals surface area contributed by atoms with E-state index >= 15 is 0 Å². The summed E-state index contributed by atoms with van der Waals surface area (Å²) in [5, 5.41) is 2.82. The number of hydrogen-bond acceptors (Lipinski definition) is 2. The summed E-state index contributed by atoms with van der Waals surface area (Å²) < 4.78 is 6.47. The second kappa shape index (κ2) is 7.43. The maximum Gasteiger partial charge on any atom is 0.190 e. The molecule has 29 heavy (non-hydrogen) atoms. The minimum Gasteiger partial charge on any atom is -0.474 e. The number of aliphatic imine (C=N–C) groups is 1. The van der Waals surface area contributed by atoms with Crippen LogP contribution in [0.1, 0.15) is 31.0 Å². The molecule has 0 saturated heterocycles. The summed E-state index contributed by atoms with van der Waals surface area (Å²) in [5.41, 5.74) is 2.62. The third kappa shape index (κ3) is 3.51. The summed E-state index contributed by atoms with van der Waals surface area (Å²) in [6.45, 7) is 4.58. The van der Waals surface area contributed by atoms with Gasteiger partial charge in [-0.05, 0) is 35.8 Å². The zero-order valence-corrected chi connectivity index (χ0v) is 17.8. The molecule has 2 atom stereocenters. The first-order valence-corrected chi connectivity index (χ1v) is 11.8. The predicted molar refractivity (Wildman–Crippen MR) is 123 cm³/mol. The van der Waals surface area contributed by atoms with E-state index < -0.39 is 7.92 Å². The topological polar surface area (TPSA) is 21.6 Å². The Kier molecular flexibility index (Phi) is 4.76. The summed E-state index contributed by atoms with van der Waals surface area (Å²) in [6, 6.07) is 30.6. The minimum absolute atomic E-state index is 0.114. The van der Waals surface area contributed by atoms with Crippen molar-refractivity contribution >= 4 is 24.4 Å². The molecule has 3 aromatic rings. The molecule has 3 heteroatoms. The van der Waals surface area contributed by atoms with Crippen LogP contribution in [0.5, 0.6) is 0 Å². The van der Waals surface area contributed by atoms with Gasteiger partial charge in [-0.2, -0.15) is 0 Å². The van der Waals surface area contributed by atoms with Gasteiger partial charge >= 0.3 is 0 Å². The van der Waals surface area contributed by atoms with E-state index in [9.17, 15) is 0 Å². The Hall–Kier alpha value is -2.44. The van der Waals surface area contributed by atoms with Crippen molar-refractivity contribution < 1.29 is 4.74 Å². The van der Waals surface area contributed by atoms with E-state index in [-0.39, 0.29) is 17.6 Å². The monoisotopic (exact) mass is 399 g/mol. The lowest BCUT2D eigenvalue weighted by Crippen LogP contribution is -2.32. The highest BCUT2D eigenvalue weighted by molar-refractivity contribution is 7.73. The van der Waals surface area contributed by atoms with Gasteiger partial charge in [0, 0.05) is 11.8 Å². The molecule has 5 rings (SSSR count). The van der Waals surface area contributed by atoms with Crippen LogP contribution >= 0.6 is 7.92 Å². The Labute approximate surface area is 174 Å². The van der Waals surface area contributed by atoms with E-state index in [2.05, 4.69) is 98.8 Å². The average molecular weight is 399 g/mol. The molecular formula is C26H26NOP. The van der Waals surface area contributed by atoms with Crippen molar-refractivity contribution in [2.75, 3.05) is 6.16 Å². The number of benzene rings is 3. The fraction of sp³-hybridized carbons (Fsp3) is 0.269. The molecule has 2 nitrogen and oxygen atoms in total. The molecule has 1 heterocycles. The van der Waals surface area contributed by atoms with Gasteiger partial charge in [-0.1, -0.05) is 98.8 Å². The third-order valence-corrected chi connectivity index (χ3v) is 8.88. The van der Waals surface area contributed by atoms with Crippen LogP contribution in [0.2, 0.25) is 0 Å². The van der Waals surface area contributed by atoms with E-state index in [0.29, 0.717) is 0 Å². The van der Waals surface area contributed by atoms with Crippen molar-refractivity contribution in [3.63, 3.8) is 0 Å². The lowest BCUT2D eigenvalue weighted by molar-refractivity contribution is 0.186. The van der Waals surface area contributed by atoms with Gasteiger partial charge in [-0.25, -0.2) is 4.99 Å². The van der Waals surface area contributed by atoms with Crippen LogP contribution in [0.3, 0.4) is 0 Å². The SMILES string of the molecule is CC(C)(CP(c1ccccc1)c1ccccc1)C1=N[C@H]2c3ccccc3C[C@H]2O1. The molecule has 146 valence electrons. The molecule has 0 bridgehead atoms. The van der Waals surface area contributed by atoms with E-state index in [0.717, 1.165) is 18.5 Å². The highest BCUT2D eigenvalue weighted by Gasteiger charge is 2.44. The Morgan fingerprint density at radius 1 is 0.862 bits per heavy atom. The molecule has 3 aromatic carbocycles. The Morgan fingerprint density at radius 2 is 1.45 bits per heavy atom. The van der Waals surface area contributed by atoms with E-state index in [4.69, 9.17) is 9.73 Å². The van der Waals surface area contributed by atoms with Gasteiger partial charge in [0.05, 0.1) is 0 Å². The van der Waals surface area contributed by atoms with Gasteiger partial charge in [0.15, 0.2) is 5.90 Å². The third-order valence-electron chi connectivity index (χ3n) is 5.93. The molecule has 0 fully saturated rings. The normalized spacial score (nSPS) is 20.2. The molecule has 0 N–H and O–H groups in total. The largest absolute Gasteiger partial charge is 0.474 e. The van der Waals surface area contributed by atoms with Crippen LogP contribution in [-0.2, 0) is 11.2 Å². The van der Waals surface area contributed by atoms with Crippen molar-refractivity contribution in [3.8, 4) is 0 Å². The zero-order chi connectivity index (χ0) is 19.8. The minimum atomic E-state index is -0.483. The van der Waals surface area contributed by atoms with Gasteiger partial charge in [0.25, 0.3) is 0 Å². The highest BCUT2D eigenvalue weighted by Crippen LogP contribution is 2.46. The fourth-order valence-corrected chi connectivity index (χ4v) is 7.09. The fourth-order valence-electron chi connectivity index (χ4n) is 4.44. The van der Waals surface area contributed by atoms with Crippen molar-refractivity contribution in [3.05, 3.63) is 96.1 Å². The zero-order valence-electron chi connectivity index (χ0n) is 17.0. The molecule has 1 aliphatic heterocycles. The molecule has 0 aromatic heterocycles. The van der Waals surface area contributed by atoms with Gasteiger partial charge in [0.2, 0.25) is 0 Å². The molecular weight excluding hydrogens is 373 g/mol. The van der Waals surface area contributed by atoms with E-state index in [1.54, 1.807) is 0 Å². The molecule has 2 aliphatic rings. The van der Waals surface area contributed by atoms with Gasteiger partial charge < -0.3 is 4.74 Å². The summed E-state index contributed by atoms with van der Waals surface area (Å²) >= 11 is 0. The molecule has 0 unspecified atom stereocenters. The van der Waals surface area contributed by atoms with Crippen molar-refractivity contribution in [2.45, 2.75) is 32.4 Å². The van der Waals surface area contributed by atoms with E-state index in [1.165, 1.54) is 21.7 Å². The Bertz CT molecular complexity index is 989. The molecule has 0 spiro atoms. The molecule has 0 amide bonds. The average Bonchev–Trinajstić information content (AvgIpc) is 3.32. The first kappa shape index (κ1) is 18.6. The van der Waals surface area contributed by atoms with Crippen LogP contribution in [0.15, 0.2) is 89.9 Å². The van der Waals surface area contributed by atoms with Crippen LogP contribution in [-0.4, -0.2) is 18.2 Å². The highest BCUT2D eigenvalue weighted by atomic mass is 31.1. The van der Waals surface area contributed by atoms with E-state index in [1.807, 2.05) is 0 Å². The lowest BCUT2D eigenvalue weighted by atomic mass is 9.96. The Morgan fingerprint density at radius 3 is 2.10 bits per heavy atom. The summed E-state index contributed by atoms with van der Waals surface area (Å²) in [6.07, 6.45) is 2.16. The molecule has 0 radical (unpaired) electrons.